The molecule has 0 radical (unpaired) electrons. The Hall–Kier alpha value is -2.67. The molecule has 29 heavy (non-hydrogen) atoms. The predicted octanol–water partition coefficient (Wildman–Crippen LogP) is 1.61. The fourth-order valence-corrected chi connectivity index (χ4v) is 2.49. The van der Waals surface area contributed by atoms with Crippen LogP contribution in [0.1, 0.15) is 16.1 Å². The zero-order chi connectivity index (χ0) is 22.0. The number of amides is 1. The van der Waals surface area contributed by atoms with Gasteiger partial charge in [-0.15, -0.1) is 5.10 Å². The number of carboxylic acid groups (broad SMARTS) is 1. The van der Waals surface area contributed by atoms with Gasteiger partial charge in [-0.05, 0) is 40.0 Å². The summed E-state index contributed by atoms with van der Waals surface area (Å²) < 4.78 is 39.5. The van der Waals surface area contributed by atoms with Gasteiger partial charge in [-0.3, -0.25) is 9.48 Å². The van der Waals surface area contributed by atoms with Crippen molar-refractivity contribution in [3.05, 3.63) is 40.1 Å². The molecule has 1 heterocycles. The van der Waals surface area contributed by atoms with Crippen LogP contribution >= 0.6 is 15.9 Å². The molecule has 13 heteroatoms. The largest absolute Gasteiger partial charge is 0.496 e. The van der Waals surface area contributed by atoms with Crippen LogP contribution in [0.15, 0.2) is 28.9 Å². The topological polar surface area (TPSA) is 132 Å². The third-order valence-corrected chi connectivity index (χ3v) is 3.91. The molecule has 2 rings (SSSR count). The van der Waals surface area contributed by atoms with Crippen molar-refractivity contribution >= 4 is 27.8 Å². The van der Waals surface area contributed by atoms with E-state index in [1.165, 1.54) is 0 Å². The second-order valence-corrected chi connectivity index (χ2v) is 6.29. The standard InChI is InChI=1S/C14H18BrN5O2.C2HF3O2/c1-22-13-3-2-10(8-11(13)15)4-7-20-9-12(18-19-20)14(21)17-6-5-16;3-2(4,5)1(6)7/h2-3,8-9H,4-7,16H2,1H3,(H,17,21);(H,6,7). The minimum atomic E-state index is -5.08. The number of carboxylic acids is 1. The Morgan fingerprint density at radius 1 is 1.38 bits per heavy atom. The Morgan fingerprint density at radius 3 is 2.55 bits per heavy atom. The van der Waals surface area contributed by atoms with Crippen molar-refractivity contribution in [2.45, 2.75) is 19.1 Å². The van der Waals surface area contributed by atoms with E-state index in [4.69, 9.17) is 20.4 Å². The number of alkyl halides is 3. The number of nitrogens with one attached hydrogen (secondary N) is 1. The van der Waals surface area contributed by atoms with E-state index >= 15 is 0 Å². The number of methoxy groups -OCH3 is 1. The minimum absolute atomic E-state index is 0.260. The Kier molecular flexibility index (Phi) is 9.55. The minimum Gasteiger partial charge on any atom is -0.496 e. The van der Waals surface area contributed by atoms with Crippen LogP contribution in [0.2, 0.25) is 0 Å². The quantitative estimate of drug-likeness (QED) is 0.547. The number of aromatic nitrogens is 3. The van der Waals surface area contributed by atoms with E-state index < -0.39 is 12.1 Å². The fourth-order valence-electron chi connectivity index (χ4n) is 1.90. The van der Waals surface area contributed by atoms with Crippen molar-refractivity contribution in [3.63, 3.8) is 0 Å². The Labute approximate surface area is 172 Å². The van der Waals surface area contributed by atoms with Crippen LogP contribution in [0, 0.1) is 0 Å². The van der Waals surface area contributed by atoms with Crippen LogP contribution in [-0.4, -0.2) is 58.4 Å². The first-order valence-corrected chi connectivity index (χ1v) is 8.88. The molecule has 0 aliphatic heterocycles. The number of nitrogens with two attached hydrogens (primary N) is 1. The number of rotatable bonds is 7. The average molecular weight is 482 g/mol. The van der Waals surface area contributed by atoms with E-state index in [1.807, 2.05) is 18.2 Å². The molecule has 0 saturated carbocycles. The van der Waals surface area contributed by atoms with E-state index in [0.717, 1.165) is 22.2 Å². The Balaban J connectivity index is 0.000000516. The number of aliphatic carboxylic acids is 1. The summed E-state index contributed by atoms with van der Waals surface area (Å²) in [6.07, 6.45) is -2.68. The number of carbonyl (C=O) groups excluding carboxylic acids is 1. The van der Waals surface area contributed by atoms with Gasteiger partial charge in [0.05, 0.1) is 17.8 Å². The lowest BCUT2D eigenvalue weighted by Crippen LogP contribution is -2.29. The third-order valence-electron chi connectivity index (χ3n) is 3.29. The van der Waals surface area contributed by atoms with Crippen molar-refractivity contribution in [2.24, 2.45) is 5.73 Å². The van der Waals surface area contributed by atoms with Crippen LogP contribution in [0.25, 0.3) is 0 Å². The van der Waals surface area contributed by atoms with Gasteiger partial charge in [-0.1, -0.05) is 11.3 Å². The summed E-state index contributed by atoms with van der Waals surface area (Å²) in [6, 6.07) is 5.91. The van der Waals surface area contributed by atoms with Gasteiger partial charge in [0.2, 0.25) is 0 Å². The monoisotopic (exact) mass is 481 g/mol. The maximum atomic E-state index is 11.7. The molecule has 0 fully saturated rings. The number of halogens is 4. The van der Waals surface area contributed by atoms with Gasteiger partial charge >= 0.3 is 12.1 Å². The number of ether oxygens (including phenoxy) is 1. The van der Waals surface area contributed by atoms with Crippen LogP contribution < -0.4 is 15.8 Å². The van der Waals surface area contributed by atoms with E-state index in [1.54, 1.807) is 18.0 Å². The Morgan fingerprint density at radius 2 is 2.03 bits per heavy atom. The molecule has 1 aromatic carbocycles. The summed E-state index contributed by atoms with van der Waals surface area (Å²) in [6.45, 7) is 1.45. The lowest BCUT2D eigenvalue weighted by molar-refractivity contribution is -0.192. The molecule has 160 valence electrons. The first-order valence-electron chi connectivity index (χ1n) is 8.09. The highest BCUT2D eigenvalue weighted by Gasteiger charge is 2.38. The first kappa shape index (κ1) is 24.4. The van der Waals surface area contributed by atoms with Gasteiger partial charge in [-0.25, -0.2) is 4.79 Å². The maximum absolute atomic E-state index is 11.7. The molecule has 4 N–H and O–H groups in total. The number of carbonyl (C=O) groups is 2. The second kappa shape index (κ2) is 11.4. The van der Waals surface area contributed by atoms with Crippen molar-refractivity contribution in [2.75, 3.05) is 20.2 Å². The second-order valence-electron chi connectivity index (χ2n) is 5.43. The molecular weight excluding hydrogens is 463 g/mol. The van der Waals surface area contributed by atoms with Crippen molar-refractivity contribution in [3.8, 4) is 5.75 Å². The van der Waals surface area contributed by atoms with E-state index in [0.29, 0.717) is 25.3 Å². The molecule has 0 saturated heterocycles. The number of hydrogen-bond acceptors (Lipinski definition) is 6. The smallest absolute Gasteiger partial charge is 0.490 e. The Bertz CT molecular complexity index is 829. The van der Waals surface area contributed by atoms with Gasteiger partial charge < -0.3 is 20.9 Å². The van der Waals surface area contributed by atoms with E-state index in [2.05, 4.69) is 31.6 Å². The summed E-state index contributed by atoms with van der Waals surface area (Å²) in [4.78, 5) is 20.6. The molecule has 0 aliphatic rings. The van der Waals surface area contributed by atoms with Gasteiger partial charge in [0.15, 0.2) is 5.69 Å². The zero-order valence-corrected chi connectivity index (χ0v) is 16.8. The van der Waals surface area contributed by atoms with E-state index in [-0.39, 0.29) is 5.91 Å². The summed E-state index contributed by atoms with van der Waals surface area (Å²) in [5.74, 6) is -2.22. The van der Waals surface area contributed by atoms with E-state index in [9.17, 15) is 18.0 Å². The number of aryl methyl sites for hydroxylation is 2. The maximum Gasteiger partial charge on any atom is 0.490 e. The van der Waals surface area contributed by atoms with Crippen molar-refractivity contribution in [1.82, 2.24) is 20.3 Å². The highest BCUT2D eigenvalue weighted by molar-refractivity contribution is 9.10. The van der Waals surface area contributed by atoms with Crippen LogP contribution in [-0.2, 0) is 17.8 Å². The molecule has 1 aromatic heterocycles. The van der Waals surface area contributed by atoms with Gasteiger partial charge in [0, 0.05) is 19.6 Å². The highest BCUT2D eigenvalue weighted by atomic mass is 79.9. The SMILES string of the molecule is COc1ccc(CCn2cc(C(=O)NCCN)nn2)cc1Br.O=C(O)C(F)(F)F. The normalized spacial score (nSPS) is 10.7. The molecule has 0 aliphatic carbocycles. The molecule has 1 amide bonds. The summed E-state index contributed by atoms with van der Waals surface area (Å²) in [5, 5.41) is 17.6. The zero-order valence-electron chi connectivity index (χ0n) is 15.2. The molecule has 2 aromatic rings. The van der Waals surface area contributed by atoms with Crippen molar-refractivity contribution in [1.29, 1.82) is 0 Å². The lowest BCUT2D eigenvalue weighted by atomic mass is 10.1. The molecule has 9 nitrogen and oxygen atoms in total. The third kappa shape index (κ3) is 8.48. The molecular formula is C16H19BrF3N5O4. The van der Waals surface area contributed by atoms with Gasteiger partial charge in [0.1, 0.15) is 5.75 Å². The van der Waals surface area contributed by atoms with Gasteiger partial charge in [-0.2, -0.15) is 13.2 Å². The van der Waals surface area contributed by atoms with Crippen LogP contribution in [0.4, 0.5) is 13.2 Å². The number of nitrogens with zero attached hydrogens (tertiary/aromatic N) is 3. The summed E-state index contributed by atoms with van der Waals surface area (Å²) in [7, 11) is 1.63. The molecule has 0 atom stereocenters. The van der Waals surface area contributed by atoms with Crippen molar-refractivity contribution < 1.29 is 32.6 Å². The predicted molar refractivity (Wildman–Crippen MR) is 99.5 cm³/mol. The number of benzene rings is 1. The summed E-state index contributed by atoms with van der Waals surface area (Å²) >= 11 is 3.46. The first-order chi connectivity index (χ1) is 13.6. The molecule has 0 bridgehead atoms. The number of hydrogen-bond donors (Lipinski definition) is 3. The fraction of sp³-hybridized carbons (Fsp3) is 0.375. The molecule has 0 spiro atoms. The van der Waals surface area contributed by atoms with Crippen LogP contribution in [0.5, 0.6) is 5.75 Å². The van der Waals surface area contributed by atoms with Gasteiger partial charge in [0.25, 0.3) is 5.91 Å². The average Bonchev–Trinajstić information content (AvgIpc) is 3.13. The van der Waals surface area contributed by atoms with Crippen LogP contribution in [0.3, 0.4) is 0 Å². The molecule has 0 unspecified atom stereocenters. The highest BCUT2D eigenvalue weighted by Crippen LogP contribution is 2.25. The lowest BCUT2D eigenvalue weighted by Gasteiger charge is -2.06. The summed E-state index contributed by atoms with van der Waals surface area (Å²) in [5.41, 5.74) is 6.77.